The molecule has 2 aliphatic rings. The van der Waals surface area contributed by atoms with E-state index in [0.29, 0.717) is 6.54 Å². The number of rotatable bonds is 6. The number of ether oxygens (including phenoxy) is 1. The van der Waals surface area contributed by atoms with E-state index in [4.69, 9.17) is 4.74 Å². The highest BCUT2D eigenvalue weighted by Gasteiger charge is 2.38. The molecule has 1 heterocycles. The third kappa shape index (κ3) is 4.83. The highest BCUT2D eigenvalue weighted by molar-refractivity contribution is 5.91. The molecule has 3 atom stereocenters. The Morgan fingerprint density at radius 2 is 1.68 bits per heavy atom. The summed E-state index contributed by atoms with van der Waals surface area (Å²) in [6, 6.07) is 15.4. The first kappa shape index (κ1) is 23.5. The van der Waals surface area contributed by atoms with Crippen LogP contribution in [-0.2, 0) is 14.3 Å². The SMILES string of the molecule is CC1CC(C)C(C(=O)O)N(C(=O)/C=C/CNC(=O)OCC2c3ccccc3-c3ccccc32)C1. The molecular formula is C27H30N2O5. The summed E-state index contributed by atoms with van der Waals surface area (Å²) in [7, 11) is 0. The summed E-state index contributed by atoms with van der Waals surface area (Å²) in [6.45, 7) is 4.60. The second-order valence-electron chi connectivity index (χ2n) is 9.20. The van der Waals surface area contributed by atoms with Crippen LogP contribution in [-0.4, -0.2) is 53.7 Å². The fourth-order valence-corrected chi connectivity index (χ4v) is 5.25. The first-order valence-corrected chi connectivity index (χ1v) is 11.7. The van der Waals surface area contributed by atoms with Gasteiger partial charge in [0.05, 0.1) is 0 Å². The Hall–Kier alpha value is -3.61. The van der Waals surface area contributed by atoms with Gasteiger partial charge in [-0.3, -0.25) is 4.79 Å². The van der Waals surface area contributed by atoms with Crippen molar-refractivity contribution in [3.63, 3.8) is 0 Å². The quantitative estimate of drug-likeness (QED) is 0.632. The summed E-state index contributed by atoms with van der Waals surface area (Å²) in [5.41, 5.74) is 4.60. The highest BCUT2D eigenvalue weighted by atomic mass is 16.5. The van der Waals surface area contributed by atoms with Crippen LogP contribution in [0, 0.1) is 11.8 Å². The van der Waals surface area contributed by atoms with Crippen molar-refractivity contribution in [2.75, 3.05) is 19.7 Å². The Kier molecular flexibility index (Phi) is 7.01. The van der Waals surface area contributed by atoms with E-state index in [-0.39, 0.29) is 36.8 Å². The topological polar surface area (TPSA) is 95.9 Å². The van der Waals surface area contributed by atoms with Crippen molar-refractivity contribution >= 4 is 18.0 Å². The molecule has 0 radical (unpaired) electrons. The van der Waals surface area contributed by atoms with E-state index in [1.807, 2.05) is 38.1 Å². The van der Waals surface area contributed by atoms with Crippen LogP contribution < -0.4 is 5.32 Å². The van der Waals surface area contributed by atoms with Gasteiger partial charge in [-0.2, -0.15) is 0 Å². The number of likely N-dealkylation sites (tertiary alicyclic amines) is 1. The smallest absolute Gasteiger partial charge is 0.407 e. The Morgan fingerprint density at radius 3 is 2.29 bits per heavy atom. The third-order valence-corrected chi connectivity index (χ3v) is 6.66. The maximum atomic E-state index is 12.6. The number of hydrogen-bond acceptors (Lipinski definition) is 4. The number of carbonyl (C=O) groups is 3. The van der Waals surface area contributed by atoms with Crippen LogP contribution >= 0.6 is 0 Å². The molecule has 0 bridgehead atoms. The van der Waals surface area contributed by atoms with Gasteiger partial charge >= 0.3 is 12.1 Å². The predicted octanol–water partition coefficient (Wildman–Crippen LogP) is 4.04. The standard InChI is InChI=1S/C27H30N2O5/c1-17-14-18(2)25(26(31)32)29(15-17)24(30)12-7-13-28-27(33)34-16-23-21-10-5-3-8-19(21)20-9-4-6-11-22(20)23/h3-12,17-18,23,25H,13-16H2,1-2H3,(H,28,33)(H,31,32)/b12-7+. The molecule has 1 saturated heterocycles. The normalized spacial score (nSPS) is 21.7. The van der Waals surface area contributed by atoms with Crippen molar-refractivity contribution in [2.24, 2.45) is 11.8 Å². The van der Waals surface area contributed by atoms with Gasteiger partial charge in [0.2, 0.25) is 5.91 Å². The molecule has 1 aliphatic heterocycles. The zero-order valence-corrected chi connectivity index (χ0v) is 19.4. The van der Waals surface area contributed by atoms with Gasteiger partial charge in [-0.1, -0.05) is 68.5 Å². The highest BCUT2D eigenvalue weighted by Crippen LogP contribution is 2.44. The van der Waals surface area contributed by atoms with E-state index >= 15 is 0 Å². The van der Waals surface area contributed by atoms with Gasteiger partial charge in [-0.05, 0) is 40.5 Å². The summed E-state index contributed by atoms with van der Waals surface area (Å²) in [5, 5.41) is 12.2. The number of nitrogens with one attached hydrogen (secondary N) is 1. The van der Waals surface area contributed by atoms with E-state index in [9.17, 15) is 19.5 Å². The Labute approximate surface area is 199 Å². The lowest BCUT2D eigenvalue weighted by Gasteiger charge is -2.39. The molecule has 2 N–H and O–H groups in total. The van der Waals surface area contributed by atoms with E-state index in [0.717, 1.165) is 28.7 Å². The summed E-state index contributed by atoms with van der Waals surface area (Å²) in [6.07, 6.45) is 3.05. The van der Waals surface area contributed by atoms with Gasteiger partial charge in [0.1, 0.15) is 12.6 Å². The summed E-state index contributed by atoms with van der Waals surface area (Å²) in [5.74, 6) is -1.25. The molecule has 0 saturated carbocycles. The Morgan fingerprint density at radius 1 is 1.06 bits per heavy atom. The first-order valence-electron chi connectivity index (χ1n) is 11.7. The van der Waals surface area contributed by atoms with Gasteiger partial charge in [-0.15, -0.1) is 0 Å². The van der Waals surface area contributed by atoms with Gasteiger partial charge in [0, 0.05) is 25.1 Å². The van der Waals surface area contributed by atoms with Crippen molar-refractivity contribution < 1.29 is 24.2 Å². The molecule has 0 aromatic heterocycles. The molecule has 3 unspecified atom stereocenters. The molecule has 2 aromatic carbocycles. The van der Waals surface area contributed by atoms with Crippen LogP contribution in [0.3, 0.4) is 0 Å². The van der Waals surface area contributed by atoms with Crippen molar-refractivity contribution in [3.8, 4) is 11.1 Å². The van der Waals surface area contributed by atoms with Crippen LogP contribution in [0.4, 0.5) is 4.79 Å². The number of piperidine rings is 1. The first-order chi connectivity index (χ1) is 16.4. The second kappa shape index (κ2) is 10.1. The van der Waals surface area contributed by atoms with Crippen molar-refractivity contribution in [1.29, 1.82) is 0 Å². The lowest BCUT2D eigenvalue weighted by atomic mass is 9.85. The Bertz CT molecular complexity index is 1070. The van der Waals surface area contributed by atoms with E-state index < -0.39 is 18.1 Å². The predicted molar refractivity (Wildman–Crippen MR) is 128 cm³/mol. The second-order valence-corrected chi connectivity index (χ2v) is 9.20. The van der Waals surface area contributed by atoms with E-state index in [1.54, 1.807) is 0 Å². The minimum Gasteiger partial charge on any atom is -0.480 e. The van der Waals surface area contributed by atoms with Crippen LogP contribution in [0.1, 0.15) is 37.3 Å². The number of aliphatic carboxylic acids is 1. The molecule has 2 amide bonds. The maximum absolute atomic E-state index is 12.6. The molecule has 178 valence electrons. The summed E-state index contributed by atoms with van der Waals surface area (Å²) in [4.78, 5) is 37.9. The van der Waals surface area contributed by atoms with E-state index in [1.165, 1.54) is 17.1 Å². The fourth-order valence-electron chi connectivity index (χ4n) is 5.25. The monoisotopic (exact) mass is 462 g/mol. The van der Waals surface area contributed by atoms with Crippen LogP contribution in [0.15, 0.2) is 60.7 Å². The molecule has 7 nitrogen and oxygen atoms in total. The number of amides is 2. The molecule has 2 aromatic rings. The zero-order chi connectivity index (χ0) is 24.2. The molecule has 4 rings (SSSR count). The number of carboxylic acids is 1. The van der Waals surface area contributed by atoms with Gasteiger partial charge < -0.3 is 20.1 Å². The summed E-state index contributed by atoms with van der Waals surface area (Å²) < 4.78 is 5.48. The molecule has 34 heavy (non-hydrogen) atoms. The number of carbonyl (C=O) groups excluding carboxylic acids is 2. The lowest BCUT2D eigenvalue weighted by Crippen LogP contribution is -2.53. The van der Waals surface area contributed by atoms with Gasteiger partial charge in [-0.25, -0.2) is 9.59 Å². The number of carboxylic acid groups (broad SMARTS) is 1. The van der Waals surface area contributed by atoms with Crippen LogP contribution in [0.5, 0.6) is 0 Å². The minimum atomic E-state index is -0.988. The van der Waals surface area contributed by atoms with Gasteiger partial charge in [0.25, 0.3) is 0 Å². The Balaban J connectivity index is 1.29. The van der Waals surface area contributed by atoms with Crippen molar-refractivity contribution in [2.45, 2.75) is 32.2 Å². The van der Waals surface area contributed by atoms with Crippen molar-refractivity contribution in [1.82, 2.24) is 10.2 Å². The number of alkyl carbamates (subject to hydrolysis) is 1. The zero-order valence-electron chi connectivity index (χ0n) is 19.4. The van der Waals surface area contributed by atoms with E-state index in [2.05, 4.69) is 29.6 Å². The number of benzene rings is 2. The van der Waals surface area contributed by atoms with Crippen molar-refractivity contribution in [3.05, 3.63) is 71.8 Å². The molecule has 0 spiro atoms. The minimum absolute atomic E-state index is 0.0219. The summed E-state index contributed by atoms with van der Waals surface area (Å²) >= 11 is 0. The molecule has 1 aliphatic carbocycles. The number of hydrogen-bond donors (Lipinski definition) is 2. The molecule has 1 fully saturated rings. The lowest BCUT2D eigenvalue weighted by molar-refractivity contribution is -0.153. The fraction of sp³-hybridized carbons (Fsp3) is 0.370. The number of nitrogens with zero attached hydrogens (tertiary/aromatic N) is 1. The molecular weight excluding hydrogens is 432 g/mol. The largest absolute Gasteiger partial charge is 0.480 e. The molecule has 7 heteroatoms. The van der Waals surface area contributed by atoms with Gasteiger partial charge in [0.15, 0.2) is 0 Å². The average Bonchev–Trinajstić information content (AvgIpc) is 3.13. The average molecular weight is 463 g/mol. The maximum Gasteiger partial charge on any atom is 0.407 e. The van der Waals surface area contributed by atoms with Crippen LogP contribution in [0.2, 0.25) is 0 Å². The van der Waals surface area contributed by atoms with Crippen LogP contribution in [0.25, 0.3) is 11.1 Å². The number of fused-ring (bicyclic) bond motifs is 3. The third-order valence-electron chi connectivity index (χ3n) is 6.66.